The molecule has 0 unspecified atom stereocenters. The fourth-order valence-corrected chi connectivity index (χ4v) is 4.02. The molecule has 4 rings (SSSR count). The van der Waals surface area contributed by atoms with E-state index < -0.39 is 5.92 Å². The van der Waals surface area contributed by atoms with E-state index in [-0.39, 0.29) is 5.78 Å². The van der Waals surface area contributed by atoms with Gasteiger partial charge in [-0.1, -0.05) is 6.07 Å². The SMILES string of the molecule is N#CC1=C(N)N(N2CCOCC2)C2=C(C(=O)CCC2)[C@@H]1c1cccnc1. The van der Waals surface area contributed by atoms with Crippen LogP contribution in [0.3, 0.4) is 0 Å². The van der Waals surface area contributed by atoms with Crippen LogP contribution in [-0.2, 0) is 9.53 Å². The van der Waals surface area contributed by atoms with Crippen molar-refractivity contribution in [2.75, 3.05) is 26.3 Å². The Morgan fingerprint density at radius 3 is 2.81 bits per heavy atom. The molecule has 1 aliphatic carbocycles. The average molecular weight is 351 g/mol. The number of allylic oxidation sites excluding steroid dienone is 3. The van der Waals surface area contributed by atoms with Crippen molar-refractivity contribution < 1.29 is 9.53 Å². The van der Waals surface area contributed by atoms with Crippen molar-refractivity contribution in [1.82, 2.24) is 15.0 Å². The predicted molar refractivity (Wildman–Crippen MR) is 93.9 cm³/mol. The number of pyridine rings is 1. The van der Waals surface area contributed by atoms with Crippen molar-refractivity contribution >= 4 is 5.78 Å². The standard InChI is InChI=1S/C19H21N5O2/c20-11-14-17(13-3-2-6-22-12-13)18-15(4-1-5-16(18)25)24(19(14)21)23-7-9-26-10-8-23/h2-3,6,12,17H,1,4-5,7-10,21H2/t17-/m1/s1. The van der Waals surface area contributed by atoms with Crippen LogP contribution in [-0.4, -0.2) is 47.1 Å². The number of hydrogen-bond donors (Lipinski definition) is 1. The summed E-state index contributed by atoms with van der Waals surface area (Å²) in [5.74, 6) is 0.0732. The van der Waals surface area contributed by atoms with E-state index >= 15 is 0 Å². The second-order valence-electron chi connectivity index (χ2n) is 6.65. The van der Waals surface area contributed by atoms with Gasteiger partial charge in [0.1, 0.15) is 5.82 Å². The molecule has 1 saturated heterocycles. The molecule has 2 N–H and O–H groups in total. The molecule has 134 valence electrons. The molecular formula is C19H21N5O2. The highest BCUT2D eigenvalue weighted by atomic mass is 16.5. The topological polar surface area (TPSA) is 95.5 Å². The molecule has 7 nitrogen and oxygen atoms in total. The molecule has 0 bridgehead atoms. The normalized spacial score (nSPS) is 24.5. The zero-order chi connectivity index (χ0) is 18.1. The van der Waals surface area contributed by atoms with Crippen molar-refractivity contribution in [2.24, 2.45) is 5.73 Å². The second-order valence-corrected chi connectivity index (χ2v) is 6.65. The Hall–Kier alpha value is -2.69. The summed E-state index contributed by atoms with van der Waals surface area (Å²) in [6.07, 6.45) is 5.48. The van der Waals surface area contributed by atoms with Crippen LogP contribution < -0.4 is 5.73 Å². The molecule has 0 radical (unpaired) electrons. The lowest BCUT2D eigenvalue weighted by Gasteiger charge is -2.45. The molecule has 1 atom stereocenters. The number of hydrogen-bond acceptors (Lipinski definition) is 7. The lowest BCUT2D eigenvalue weighted by molar-refractivity contribution is -0.117. The first-order valence-electron chi connectivity index (χ1n) is 8.91. The number of nitrogens with zero attached hydrogens (tertiary/aromatic N) is 4. The number of carbonyl (C=O) groups is 1. The summed E-state index contributed by atoms with van der Waals surface area (Å²) in [7, 11) is 0. The number of rotatable bonds is 2. The summed E-state index contributed by atoms with van der Waals surface area (Å²) in [4.78, 5) is 17.1. The molecular weight excluding hydrogens is 330 g/mol. The molecule has 0 amide bonds. The fourth-order valence-electron chi connectivity index (χ4n) is 4.02. The molecule has 3 heterocycles. The first-order chi connectivity index (χ1) is 12.7. The smallest absolute Gasteiger partial charge is 0.161 e. The monoisotopic (exact) mass is 351 g/mol. The van der Waals surface area contributed by atoms with Crippen LogP contribution in [0.25, 0.3) is 0 Å². The largest absolute Gasteiger partial charge is 0.383 e. The molecule has 1 aromatic rings. The quantitative estimate of drug-likeness (QED) is 0.861. The zero-order valence-corrected chi connectivity index (χ0v) is 14.5. The Labute approximate surface area is 152 Å². The number of hydrazine groups is 1. The van der Waals surface area contributed by atoms with Crippen LogP contribution in [0.15, 0.2) is 47.2 Å². The Balaban J connectivity index is 1.88. The van der Waals surface area contributed by atoms with Gasteiger partial charge >= 0.3 is 0 Å². The summed E-state index contributed by atoms with van der Waals surface area (Å²) in [6.45, 7) is 2.58. The minimum Gasteiger partial charge on any atom is -0.383 e. The van der Waals surface area contributed by atoms with E-state index in [1.54, 1.807) is 12.4 Å². The third-order valence-electron chi connectivity index (χ3n) is 5.17. The fraction of sp³-hybridized carbons (Fsp3) is 0.421. The summed E-state index contributed by atoms with van der Waals surface area (Å²) in [5, 5.41) is 13.9. The lowest BCUT2D eigenvalue weighted by Crippen LogP contribution is -2.52. The second kappa shape index (κ2) is 6.90. The lowest BCUT2D eigenvalue weighted by atomic mass is 9.76. The maximum atomic E-state index is 12.9. The van der Waals surface area contributed by atoms with Crippen LogP contribution in [0.5, 0.6) is 0 Å². The van der Waals surface area contributed by atoms with Crippen LogP contribution in [0.2, 0.25) is 0 Å². The van der Waals surface area contributed by atoms with Crippen molar-refractivity contribution in [3.05, 3.63) is 52.8 Å². The summed E-state index contributed by atoms with van der Waals surface area (Å²) >= 11 is 0. The van der Waals surface area contributed by atoms with Crippen molar-refractivity contribution in [1.29, 1.82) is 5.26 Å². The first kappa shape index (κ1) is 16.8. The van der Waals surface area contributed by atoms with Gasteiger partial charge in [-0.3, -0.25) is 14.8 Å². The van der Waals surface area contributed by atoms with Crippen LogP contribution in [0.1, 0.15) is 30.7 Å². The van der Waals surface area contributed by atoms with Crippen LogP contribution in [0, 0.1) is 11.3 Å². The van der Waals surface area contributed by atoms with Gasteiger partial charge in [0.2, 0.25) is 0 Å². The van der Waals surface area contributed by atoms with Gasteiger partial charge in [0, 0.05) is 43.2 Å². The van der Waals surface area contributed by atoms with Crippen molar-refractivity contribution in [2.45, 2.75) is 25.2 Å². The van der Waals surface area contributed by atoms with Crippen molar-refractivity contribution in [3.63, 3.8) is 0 Å². The Morgan fingerprint density at radius 2 is 2.12 bits per heavy atom. The number of aromatic nitrogens is 1. The Morgan fingerprint density at radius 1 is 1.31 bits per heavy atom. The number of carbonyl (C=O) groups excluding carboxylic acids is 1. The molecule has 0 saturated carbocycles. The number of ketones is 1. The summed E-state index contributed by atoms with van der Waals surface area (Å²) in [5.41, 5.74) is 9.35. The maximum absolute atomic E-state index is 12.9. The van der Waals surface area contributed by atoms with E-state index in [9.17, 15) is 10.1 Å². The van der Waals surface area contributed by atoms with E-state index in [1.807, 2.05) is 17.1 Å². The average Bonchev–Trinajstić information content (AvgIpc) is 2.68. The molecule has 1 fully saturated rings. The highest BCUT2D eigenvalue weighted by Crippen LogP contribution is 2.45. The minimum atomic E-state index is -0.436. The van der Waals surface area contributed by atoms with Gasteiger partial charge in [-0.05, 0) is 24.5 Å². The van der Waals surface area contributed by atoms with Gasteiger partial charge in [0.15, 0.2) is 5.78 Å². The Bertz CT molecular complexity index is 818. The maximum Gasteiger partial charge on any atom is 0.161 e. The van der Waals surface area contributed by atoms with Gasteiger partial charge in [0.25, 0.3) is 0 Å². The first-order valence-corrected chi connectivity index (χ1v) is 8.91. The molecule has 7 heteroatoms. The zero-order valence-electron chi connectivity index (χ0n) is 14.5. The number of Topliss-reactive ketones (excluding diaryl/α,β-unsaturated/α-hetero) is 1. The highest BCUT2D eigenvalue weighted by molar-refractivity contribution is 5.99. The molecule has 2 aliphatic heterocycles. The number of nitrogens with two attached hydrogens (primary N) is 1. The molecule has 0 spiro atoms. The van der Waals surface area contributed by atoms with E-state index in [1.165, 1.54) is 0 Å². The predicted octanol–water partition coefficient (Wildman–Crippen LogP) is 1.43. The van der Waals surface area contributed by atoms with Crippen LogP contribution >= 0.6 is 0 Å². The number of nitriles is 1. The van der Waals surface area contributed by atoms with E-state index in [0.717, 1.165) is 24.1 Å². The third-order valence-corrected chi connectivity index (χ3v) is 5.17. The van der Waals surface area contributed by atoms with E-state index in [2.05, 4.69) is 16.1 Å². The number of morpholine rings is 1. The van der Waals surface area contributed by atoms with Gasteiger partial charge in [-0.25, -0.2) is 5.01 Å². The van der Waals surface area contributed by atoms with Gasteiger partial charge in [-0.15, -0.1) is 0 Å². The van der Waals surface area contributed by atoms with Gasteiger partial charge in [-0.2, -0.15) is 5.26 Å². The molecule has 26 heavy (non-hydrogen) atoms. The van der Waals surface area contributed by atoms with Crippen LogP contribution in [0.4, 0.5) is 0 Å². The van der Waals surface area contributed by atoms with Gasteiger partial charge in [0.05, 0.1) is 30.8 Å². The van der Waals surface area contributed by atoms with Gasteiger partial charge < -0.3 is 10.5 Å². The van der Waals surface area contributed by atoms with E-state index in [0.29, 0.717) is 49.7 Å². The van der Waals surface area contributed by atoms with E-state index in [4.69, 9.17) is 10.5 Å². The molecule has 1 aromatic heterocycles. The molecule has 3 aliphatic rings. The Kier molecular flexibility index (Phi) is 4.45. The third kappa shape index (κ3) is 2.68. The number of ether oxygens (including phenoxy) is 1. The molecule has 0 aromatic carbocycles. The highest BCUT2D eigenvalue weighted by Gasteiger charge is 2.41. The van der Waals surface area contributed by atoms with Crippen molar-refractivity contribution in [3.8, 4) is 6.07 Å². The summed E-state index contributed by atoms with van der Waals surface area (Å²) in [6, 6.07) is 5.99. The summed E-state index contributed by atoms with van der Waals surface area (Å²) < 4.78 is 5.45. The minimum absolute atomic E-state index is 0.0959.